The summed E-state index contributed by atoms with van der Waals surface area (Å²) >= 11 is 1.62. The molecule has 1 aliphatic rings. The van der Waals surface area contributed by atoms with Gasteiger partial charge in [0.1, 0.15) is 5.01 Å². The molecule has 2 aromatic heterocycles. The third-order valence-corrected chi connectivity index (χ3v) is 5.90. The fourth-order valence-corrected chi connectivity index (χ4v) is 4.18. The lowest BCUT2D eigenvalue weighted by atomic mass is 10.2. The van der Waals surface area contributed by atoms with Crippen molar-refractivity contribution >= 4 is 17.2 Å². The van der Waals surface area contributed by atoms with E-state index in [0.29, 0.717) is 30.3 Å². The van der Waals surface area contributed by atoms with Crippen LogP contribution in [0.5, 0.6) is 11.5 Å². The maximum Gasteiger partial charge on any atom is 0.289 e. The van der Waals surface area contributed by atoms with Crippen LogP contribution in [-0.4, -0.2) is 61.1 Å². The summed E-state index contributed by atoms with van der Waals surface area (Å²) in [6.07, 6.45) is 1.53. The molecule has 1 saturated heterocycles. The molecule has 8 heteroatoms. The second-order valence-corrected chi connectivity index (χ2v) is 7.62. The summed E-state index contributed by atoms with van der Waals surface area (Å²) in [6.45, 7) is 3.77. The van der Waals surface area contributed by atoms with Crippen molar-refractivity contribution in [3.63, 3.8) is 0 Å². The zero-order valence-corrected chi connectivity index (χ0v) is 17.3. The summed E-state index contributed by atoms with van der Waals surface area (Å²) in [6, 6.07) is 9.27. The Kier molecular flexibility index (Phi) is 5.82. The molecule has 7 nitrogen and oxygen atoms in total. The molecule has 0 saturated carbocycles. The number of nitrogens with zero attached hydrogens (tertiary/aromatic N) is 3. The number of carbonyl (C=O) groups is 1. The summed E-state index contributed by atoms with van der Waals surface area (Å²) in [5, 5.41) is 3.04. The van der Waals surface area contributed by atoms with Gasteiger partial charge in [-0.3, -0.25) is 9.69 Å². The second kappa shape index (κ2) is 8.67. The molecule has 1 fully saturated rings. The lowest BCUT2D eigenvalue weighted by Gasteiger charge is -2.33. The number of hydrogen-bond donors (Lipinski definition) is 0. The molecule has 1 amide bonds. The van der Waals surface area contributed by atoms with Crippen LogP contribution in [0.25, 0.3) is 10.6 Å². The molecule has 0 bridgehead atoms. The highest BCUT2D eigenvalue weighted by Gasteiger charge is 2.24. The Bertz CT molecular complexity index is 962. The fourth-order valence-electron chi connectivity index (χ4n) is 3.38. The Labute approximate surface area is 173 Å². The molecule has 0 unspecified atom stereocenters. The largest absolute Gasteiger partial charge is 0.493 e. The normalized spacial score (nSPS) is 14.8. The van der Waals surface area contributed by atoms with Crippen LogP contribution in [0, 0.1) is 0 Å². The van der Waals surface area contributed by atoms with Crippen molar-refractivity contribution in [1.82, 2.24) is 14.8 Å². The van der Waals surface area contributed by atoms with Crippen molar-refractivity contribution in [2.24, 2.45) is 0 Å². The number of thiazole rings is 1. The molecule has 1 aromatic carbocycles. The molecular formula is C21H23N3O4S. The molecule has 0 radical (unpaired) electrons. The Hall–Kier alpha value is -2.84. The van der Waals surface area contributed by atoms with Crippen LogP contribution in [0.4, 0.5) is 0 Å². The number of aromatic nitrogens is 1. The first kappa shape index (κ1) is 19.5. The maximum absolute atomic E-state index is 12.4. The second-order valence-electron chi connectivity index (χ2n) is 6.76. The minimum atomic E-state index is -0.0425. The number of rotatable bonds is 6. The number of benzene rings is 1. The Morgan fingerprint density at radius 3 is 2.62 bits per heavy atom. The van der Waals surface area contributed by atoms with Crippen LogP contribution in [0.1, 0.15) is 16.2 Å². The van der Waals surface area contributed by atoms with Crippen LogP contribution >= 0.6 is 11.3 Å². The Balaban J connectivity index is 1.36. The number of carbonyl (C=O) groups excluding carboxylic acids is 1. The predicted molar refractivity (Wildman–Crippen MR) is 111 cm³/mol. The molecule has 0 aliphatic carbocycles. The van der Waals surface area contributed by atoms with E-state index in [1.54, 1.807) is 37.7 Å². The Morgan fingerprint density at radius 1 is 1.14 bits per heavy atom. The number of piperazine rings is 1. The molecule has 1 aliphatic heterocycles. The smallest absolute Gasteiger partial charge is 0.289 e. The van der Waals surface area contributed by atoms with E-state index in [4.69, 9.17) is 18.9 Å². The molecule has 3 aromatic rings. The molecule has 0 N–H and O–H groups in total. The van der Waals surface area contributed by atoms with Gasteiger partial charge in [-0.15, -0.1) is 11.3 Å². The van der Waals surface area contributed by atoms with Gasteiger partial charge in [-0.25, -0.2) is 4.98 Å². The van der Waals surface area contributed by atoms with E-state index in [1.807, 2.05) is 23.1 Å². The number of hydrogen-bond acceptors (Lipinski definition) is 7. The quantitative estimate of drug-likeness (QED) is 0.617. The number of amides is 1. The van der Waals surface area contributed by atoms with E-state index in [1.165, 1.54) is 6.26 Å². The summed E-state index contributed by atoms with van der Waals surface area (Å²) in [7, 11) is 3.26. The van der Waals surface area contributed by atoms with E-state index < -0.39 is 0 Å². The molecule has 3 heterocycles. The van der Waals surface area contributed by atoms with E-state index >= 15 is 0 Å². The van der Waals surface area contributed by atoms with Crippen LogP contribution in [0.2, 0.25) is 0 Å². The summed E-state index contributed by atoms with van der Waals surface area (Å²) in [5.74, 6) is 1.76. The van der Waals surface area contributed by atoms with E-state index in [2.05, 4.69) is 10.3 Å². The lowest BCUT2D eigenvalue weighted by Crippen LogP contribution is -2.48. The molecule has 29 heavy (non-hydrogen) atoms. The minimum absolute atomic E-state index is 0.0425. The van der Waals surface area contributed by atoms with Gasteiger partial charge >= 0.3 is 0 Å². The highest BCUT2D eigenvalue weighted by molar-refractivity contribution is 7.13. The first-order valence-electron chi connectivity index (χ1n) is 9.40. The average Bonchev–Trinajstić information content (AvgIpc) is 3.46. The molecule has 0 spiro atoms. The van der Waals surface area contributed by atoms with Crippen molar-refractivity contribution in [1.29, 1.82) is 0 Å². The van der Waals surface area contributed by atoms with Crippen LogP contribution in [0.15, 0.2) is 46.4 Å². The van der Waals surface area contributed by atoms with Gasteiger partial charge in [0.15, 0.2) is 17.3 Å². The number of furan rings is 1. The third-order valence-electron chi connectivity index (χ3n) is 4.96. The first-order valence-corrected chi connectivity index (χ1v) is 10.3. The van der Waals surface area contributed by atoms with Crippen molar-refractivity contribution in [2.45, 2.75) is 6.54 Å². The van der Waals surface area contributed by atoms with Crippen LogP contribution in [0.3, 0.4) is 0 Å². The van der Waals surface area contributed by atoms with E-state index in [-0.39, 0.29) is 5.91 Å². The number of methoxy groups -OCH3 is 2. The first-order chi connectivity index (χ1) is 14.2. The topological polar surface area (TPSA) is 68.0 Å². The van der Waals surface area contributed by atoms with Crippen molar-refractivity contribution in [3.05, 3.63) is 53.4 Å². The van der Waals surface area contributed by atoms with Gasteiger partial charge in [0.25, 0.3) is 5.91 Å². The number of ether oxygens (including phenoxy) is 2. The molecule has 4 rings (SSSR count). The highest BCUT2D eigenvalue weighted by atomic mass is 32.1. The van der Waals surface area contributed by atoms with Gasteiger partial charge in [-0.05, 0) is 30.3 Å². The van der Waals surface area contributed by atoms with Gasteiger partial charge in [-0.2, -0.15) is 0 Å². The van der Waals surface area contributed by atoms with Gasteiger partial charge in [0.2, 0.25) is 0 Å². The van der Waals surface area contributed by atoms with Crippen molar-refractivity contribution < 1.29 is 18.7 Å². The van der Waals surface area contributed by atoms with E-state index in [0.717, 1.165) is 35.9 Å². The third kappa shape index (κ3) is 4.28. The van der Waals surface area contributed by atoms with Crippen molar-refractivity contribution in [2.75, 3.05) is 40.4 Å². The fraction of sp³-hybridized carbons (Fsp3) is 0.333. The average molecular weight is 413 g/mol. The monoisotopic (exact) mass is 413 g/mol. The maximum atomic E-state index is 12.4. The Morgan fingerprint density at radius 2 is 1.93 bits per heavy atom. The van der Waals surface area contributed by atoms with Gasteiger partial charge in [0.05, 0.1) is 26.2 Å². The van der Waals surface area contributed by atoms with Crippen molar-refractivity contribution in [3.8, 4) is 22.1 Å². The van der Waals surface area contributed by atoms with Gasteiger partial charge in [0, 0.05) is 43.7 Å². The predicted octanol–water partition coefficient (Wildman–Crippen LogP) is 3.38. The summed E-state index contributed by atoms with van der Waals surface area (Å²) < 4.78 is 15.9. The molecular weight excluding hydrogens is 390 g/mol. The highest BCUT2D eigenvalue weighted by Crippen LogP contribution is 2.33. The van der Waals surface area contributed by atoms with Crippen LogP contribution in [-0.2, 0) is 6.54 Å². The summed E-state index contributed by atoms with van der Waals surface area (Å²) in [5.41, 5.74) is 2.04. The minimum Gasteiger partial charge on any atom is -0.493 e. The SMILES string of the molecule is COc1ccc(-c2nc(CN3CCN(C(=O)c4ccco4)CC3)cs2)cc1OC. The standard InChI is InChI=1S/C21H23N3O4S/c1-26-17-6-5-15(12-19(17)27-2)20-22-16(14-29-20)13-23-7-9-24(10-8-23)21(25)18-4-3-11-28-18/h3-6,11-12,14H,7-10,13H2,1-2H3. The lowest BCUT2D eigenvalue weighted by molar-refractivity contribution is 0.0596. The zero-order chi connectivity index (χ0) is 20.2. The molecule has 152 valence electrons. The van der Waals surface area contributed by atoms with Gasteiger partial charge in [-0.1, -0.05) is 0 Å². The summed E-state index contributed by atoms with van der Waals surface area (Å²) in [4.78, 5) is 21.3. The van der Waals surface area contributed by atoms with Crippen LogP contribution < -0.4 is 9.47 Å². The van der Waals surface area contributed by atoms with Gasteiger partial charge < -0.3 is 18.8 Å². The molecule has 0 atom stereocenters. The zero-order valence-electron chi connectivity index (χ0n) is 16.5. The van der Waals surface area contributed by atoms with E-state index in [9.17, 15) is 4.79 Å².